The van der Waals surface area contributed by atoms with Gasteiger partial charge in [0.2, 0.25) is 5.95 Å². The van der Waals surface area contributed by atoms with Crippen LogP contribution in [0.15, 0.2) is 61.4 Å². The van der Waals surface area contributed by atoms with E-state index < -0.39 is 0 Å². The van der Waals surface area contributed by atoms with E-state index in [1.165, 1.54) is 0 Å². The topological polar surface area (TPSA) is 89.1 Å². The fourth-order valence-corrected chi connectivity index (χ4v) is 3.11. The minimum Gasteiger partial charge on any atom is -0.348 e. The zero-order valence-corrected chi connectivity index (χ0v) is 16.4. The number of imidazole rings is 2. The zero-order valence-electron chi connectivity index (χ0n) is 16.4. The van der Waals surface area contributed by atoms with Gasteiger partial charge in [-0.1, -0.05) is 12.1 Å². The number of nitrogens with zero attached hydrogens (tertiary/aromatic N) is 5. The maximum absolute atomic E-state index is 12.2. The van der Waals surface area contributed by atoms with Crippen molar-refractivity contribution < 1.29 is 4.79 Å². The molecule has 0 atom stereocenters. The minimum absolute atomic E-state index is 0.0531. The first-order valence-corrected chi connectivity index (χ1v) is 9.52. The van der Waals surface area contributed by atoms with Crippen LogP contribution in [0.4, 0.5) is 0 Å². The second-order valence-electron chi connectivity index (χ2n) is 7.07. The van der Waals surface area contributed by atoms with Gasteiger partial charge in [-0.2, -0.15) is 0 Å². The molecule has 4 heterocycles. The number of rotatable bonds is 7. The summed E-state index contributed by atoms with van der Waals surface area (Å²) in [7, 11) is 0. The fraction of sp³-hybridized carbons (Fsp3) is 0.238. The van der Waals surface area contributed by atoms with Gasteiger partial charge in [0, 0.05) is 43.9 Å². The summed E-state index contributed by atoms with van der Waals surface area (Å²) in [4.78, 5) is 25.4. The lowest BCUT2D eigenvalue weighted by Crippen LogP contribution is -2.30. The second-order valence-corrected chi connectivity index (χ2v) is 7.07. The molecule has 148 valence electrons. The van der Waals surface area contributed by atoms with Gasteiger partial charge in [0.25, 0.3) is 5.91 Å². The van der Waals surface area contributed by atoms with E-state index in [1.807, 2.05) is 61.0 Å². The van der Waals surface area contributed by atoms with E-state index >= 15 is 0 Å². The second kappa shape index (κ2) is 8.24. The third kappa shape index (κ3) is 4.17. The van der Waals surface area contributed by atoms with Gasteiger partial charge in [0.15, 0.2) is 0 Å². The van der Waals surface area contributed by atoms with Crippen molar-refractivity contribution >= 4 is 11.4 Å². The summed E-state index contributed by atoms with van der Waals surface area (Å²) >= 11 is 0. The van der Waals surface area contributed by atoms with E-state index in [0.717, 1.165) is 16.8 Å². The molecule has 8 heteroatoms. The largest absolute Gasteiger partial charge is 0.348 e. The number of fused-ring (bicyclic) bond motifs is 1. The molecule has 0 saturated carbocycles. The predicted octanol–water partition coefficient (Wildman–Crippen LogP) is 2.34. The summed E-state index contributed by atoms with van der Waals surface area (Å²) in [6, 6.07) is 9.98. The molecule has 0 spiro atoms. The van der Waals surface area contributed by atoms with Crippen molar-refractivity contribution in [1.29, 1.82) is 0 Å². The van der Waals surface area contributed by atoms with E-state index in [2.05, 4.69) is 20.6 Å². The van der Waals surface area contributed by atoms with E-state index in [-0.39, 0.29) is 11.9 Å². The van der Waals surface area contributed by atoms with Crippen molar-refractivity contribution in [2.45, 2.75) is 33.0 Å². The van der Waals surface area contributed by atoms with Crippen LogP contribution in [0.3, 0.4) is 0 Å². The molecule has 0 aliphatic carbocycles. The number of hydrogen-bond acceptors (Lipinski definition) is 5. The summed E-state index contributed by atoms with van der Waals surface area (Å²) in [6.07, 6.45) is 8.88. The Morgan fingerprint density at radius 1 is 1.17 bits per heavy atom. The first-order chi connectivity index (χ1) is 14.1. The first kappa shape index (κ1) is 18.8. The van der Waals surface area contributed by atoms with E-state index in [1.54, 1.807) is 23.3 Å². The summed E-state index contributed by atoms with van der Waals surface area (Å²) in [5.41, 5.74) is 3.41. The Balaban J connectivity index is 1.58. The third-order valence-electron chi connectivity index (χ3n) is 4.42. The molecule has 0 radical (unpaired) electrons. The summed E-state index contributed by atoms with van der Waals surface area (Å²) in [5, 5.41) is 6.27. The van der Waals surface area contributed by atoms with E-state index in [4.69, 9.17) is 4.98 Å². The highest BCUT2D eigenvalue weighted by atomic mass is 16.1. The summed E-state index contributed by atoms with van der Waals surface area (Å²) in [5.74, 6) is 0.493. The molecular formula is C21H23N7O. The van der Waals surface area contributed by atoms with Gasteiger partial charge in [-0.05, 0) is 37.6 Å². The van der Waals surface area contributed by atoms with Crippen LogP contribution in [0, 0.1) is 0 Å². The van der Waals surface area contributed by atoms with Crippen molar-refractivity contribution in [3.8, 4) is 5.95 Å². The Hall–Kier alpha value is -3.52. The molecule has 1 amide bonds. The molecule has 4 rings (SSSR count). The molecule has 4 aromatic rings. The summed E-state index contributed by atoms with van der Waals surface area (Å²) in [6.45, 7) is 5.15. The van der Waals surface area contributed by atoms with Crippen LogP contribution in [0.5, 0.6) is 0 Å². The van der Waals surface area contributed by atoms with Gasteiger partial charge in [-0.25, -0.2) is 9.97 Å². The number of nitrogens with one attached hydrogen (secondary N) is 2. The van der Waals surface area contributed by atoms with Crippen LogP contribution in [0.2, 0.25) is 0 Å². The maximum Gasteiger partial charge on any atom is 0.271 e. The van der Waals surface area contributed by atoms with Gasteiger partial charge in [0.1, 0.15) is 12.0 Å². The van der Waals surface area contributed by atoms with Gasteiger partial charge in [-0.3, -0.25) is 18.7 Å². The molecule has 0 aliphatic heterocycles. The predicted molar refractivity (Wildman–Crippen MR) is 110 cm³/mol. The van der Waals surface area contributed by atoms with Crippen molar-refractivity contribution in [3.05, 3.63) is 78.4 Å². The molecule has 0 aliphatic rings. The average molecular weight is 389 g/mol. The Bertz CT molecular complexity index is 1110. The van der Waals surface area contributed by atoms with Crippen LogP contribution >= 0.6 is 0 Å². The monoisotopic (exact) mass is 389 g/mol. The molecule has 0 aromatic carbocycles. The fourth-order valence-electron chi connectivity index (χ4n) is 3.11. The Morgan fingerprint density at radius 3 is 2.86 bits per heavy atom. The van der Waals surface area contributed by atoms with Gasteiger partial charge >= 0.3 is 0 Å². The lowest BCUT2D eigenvalue weighted by Gasteiger charge is -2.05. The Kier molecular flexibility index (Phi) is 5.35. The number of amides is 1. The lowest BCUT2D eigenvalue weighted by molar-refractivity contribution is 0.0938. The minimum atomic E-state index is -0.196. The van der Waals surface area contributed by atoms with Crippen molar-refractivity contribution in [3.63, 3.8) is 0 Å². The lowest BCUT2D eigenvalue weighted by atomic mass is 10.3. The SMILES string of the molecule is CC(C)NC(=O)c1cn(-c2nc(CNCc3cccnc3)c3ccccn23)cn1. The molecule has 0 bridgehead atoms. The number of aromatic nitrogens is 5. The molecule has 0 saturated heterocycles. The number of hydrogen-bond donors (Lipinski definition) is 2. The van der Waals surface area contributed by atoms with Crippen molar-refractivity contribution in [1.82, 2.24) is 34.6 Å². The van der Waals surface area contributed by atoms with Gasteiger partial charge < -0.3 is 10.6 Å². The highest BCUT2D eigenvalue weighted by molar-refractivity contribution is 5.92. The van der Waals surface area contributed by atoms with Crippen LogP contribution in [-0.2, 0) is 13.1 Å². The van der Waals surface area contributed by atoms with Crippen LogP contribution in [-0.4, -0.2) is 35.9 Å². The summed E-state index contributed by atoms with van der Waals surface area (Å²) < 4.78 is 3.76. The zero-order chi connectivity index (χ0) is 20.2. The molecule has 0 unspecified atom stereocenters. The third-order valence-corrected chi connectivity index (χ3v) is 4.42. The highest BCUT2D eigenvalue weighted by Crippen LogP contribution is 2.17. The van der Waals surface area contributed by atoms with Crippen LogP contribution in [0.25, 0.3) is 11.5 Å². The molecule has 4 aromatic heterocycles. The number of carbonyl (C=O) groups excluding carboxylic acids is 1. The molecular weight excluding hydrogens is 366 g/mol. The maximum atomic E-state index is 12.2. The van der Waals surface area contributed by atoms with Crippen molar-refractivity contribution in [2.24, 2.45) is 0 Å². The van der Waals surface area contributed by atoms with E-state index in [0.29, 0.717) is 24.7 Å². The quantitative estimate of drug-likeness (QED) is 0.506. The van der Waals surface area contributed by atoms with Gasteiger partial charge in [0.05, 0.1) is 11.2 Å². The molecule has 8 nitrogen and oxygen atoms in total. The Labute approximate surface area is 168 Å². The number of carbonyl (C=O) groups is 1. The first-order valence-electron chi connectivity index (χ1n) is 9.52. The molecule has 0 fully saturated rings. The van der Waals surface area contributed by atoms with Gasteiger partial charge in [-0.15, -0.1) is 0 Å². The smallest absolute Gasteiger partial charge is 0.271 e. The highest BCUT2D eigenvalue weighted by Gasteiger charge is 2.15. The Morgan fingerprint density at radius 2 is 2.07 bits per heavy atom. The van der Waals surface area contributed by atoms with Crippen molar-refractivity contribution in [2.75, 3.05) is 0 Å². The van der Waals surface area contributed by atoms with E-state index in [9.17, 15) is 4.79 Å². The van der Waals surface area contributed by atoms with Crippen LogP contribution in [0.1, 0.15) is 35.6 Å². The number of pyridine rings is 2. The average Bonchev–Trinajstić information content (AvgIpc) is 3.34. The molecule has 2 N–H and O–H groups in total. The standard InChI is InChI=1S/C21H23N7O/c1-15(2)25-20(29)18-13-27(14-24-18)21-26-17(19-7-3-4-9-28(19)21)12-23-11-16-6-5-8-22-10-16/h3-10,13-15,23H,11-12H2,1-2H3,(H,25,29). The van der Waals surface area contributed by atoms with Crippen LogP contribution < -0.4 is 10.6 Å². The molecule has 29 heavy (non-hydrogen) atoms. The normalized spacial score (nSPS) is 11.3.